The molecule has 1 aliphatic rings. The largest absolute Gasteiger partial charge is 0.357 e. The Morgan fingerprint density at radius 2 is 2.42 bits per heavy atom. The van der Waals surface area contributed by atoms with Gasteiger partial charge in [0.05, 0.1) is 17.3 Å². The molecular weight excluding hydrogens is 308 g/mol. The maximum atomic E-state index is 11.9. The lowest BCUT2D eigenvalue weighted by atomic mass is 10.1. The Labute approximate surface area is 120 Å². The van der Waals surface area contributed by atoms with Gasteiger partial charge in [-0.15, -0.1) is 0 Å². The Bertz CT molecular complexity index is 526. The smallest absolute Gasteiger partial charge is 0.243 e. The third-order valence-corrected chi connectivity index (χ3v) is 3.81. The molecule has 0 aliphatic carbocycles. The van der Waals surface area contributed by atoms with Crippen LogP contribution in [-0.2, 0) is 4.79 Å². The summed E-state index contributed by atoms with van der Waals surface area (Å²) in [6.45, 7) is 2.20. The van der Waals surface area contributed by atoms with Gasteiger partial charge in [0.2, 0.25) is 5.91 Å². The van der Waals surface area contributed by atoms with Crippen molar-refractivity contribution in [3.05, 3.63) is 28.2 Å². The van der Waals surface area contributed by atoms with E-state index in [1.807, 2.05) is 6.07 Å². The van der Waals surface area contributed by atoms with Gasteiger partial charge in [0.1, 0.15) is 6.04 Å². The zero-order valence-electron chi connectivity index (χ0n) is 10.6. The van der Waals surface area contributed by atoms with E-state index in [0.29, 0.717) is 12.1 Å². The van der Waals surface area contributed by atoms with E-state index in [-0.39, 0.29) is 11.9 Å². The zero-order valence-corrected chi connectivity index (χ0v) is 12.2. The fourth-order valence-corrected chi connectivity index (χ4v) is 2.81. The van der Waals surface area contributed by atoms with Crippen molar-refractivity contribution >= 4 is 27.5 Å². The van der Waals surface area contributed by atoms with Crippen molar-refractivity contribution in [3.8, 4) is 6.07 Å². The minimum atomic E-state index is -0.233. The van der Waals surface area contributed by atoms with Crippen LogP contribution in [0.25, 0.3) is 0 Å². The molecule has 0 radical (unpaired) electrons. The van der Waals surface area contributed by atoms with Crippen molar-refractivity contribution in [1.82, 2.24) is 10.6 Å². The molecule has 1 heterocycles. The molecule has 6 heteroatoms. The molecule has 1 fully saturated rings. The highest BCUT2D eigenvalue weighted by Crippen LogP contribution is 2.29. The van der Waals surface area contributed by atoms with E-state index in [1.165, 1.54) is 0 Å². The summed E-state index contributed by atoms with van der Waals surface area (Å²) >= 11 is 3.48. The van der Waals surface area contributed by atoms with Crippen molar-refractivity contribution in [2.45, 2.75) is 6.04 Å². The van der Waals surface area contributed by atoms with Gasteiger partial charge in [0.15, 0.2) is 0 Å². The standard InChI is InChI=1S/C13H15BrN4O/c1-16-13(19)12-8-17-4-5-18(12)11-3-2-9(7-15)6-10(11)14/h2-3,6,12,17H,4-5,8H2,1H3,(H,16,19). The van der Waals surface area contributed by atoms with Crippen molar-refractivity contribution in [2.24, 2.45) is 0 Å². The number of amides is 1. The molecular formula is C13H15BrN4O. The molecule has 5 nitrogen and oxygen atoms in total. The molecule has 100 valence electrons. The molecule has 0 spiro atoms. The second-order valence-electron chi connectivity index (χ2n) is 4.31. The van der Waals surface area contributed by atoms with E-state index < -0.39 is 0 Å². The molecule has 2 N–H and O–H groups in total. The fraction of sp³-hybridized carbons (Fsp3) is 0.385. The van der Waals surface area contributed by atoms with Crippen LogP contribution in [0, 0.1) is 11.3 Å². The molecule has 19 heavy (non-hydrogen) atoms. The first-order valence-electron chi connectivity index (χ1n) is 6.06. The summed E-state index contributed by atoms with van der Waals surface area (Å²) in [5, 5.41) is 14.8. The molecule has 2 rings (SSSR count). The van der Waals surface area contributed by atoms with E-state index in [2.05, 4.69) is 37.5 Å². The number of nitriles is 1. The van der Waals surface area contributed by atoms with Gasteiger partial charge in [0, 0.05) is 31.2 Å². The first-order valence-corrected chi connectivity index (χ1v) is 6.85. The second kappa shape index (κ2) is 6.04. The molecule has 1 saturated heterocycles. The van der Waals surface area contributed by atoms with Crippen LogP contribution in [0.1, 0.15) is 5.56 Å². The SMILES string of the molecule is CNC(=O)C1CNCCN1c1ccc(C#N)cc1Br. The molecule has 1 aromatic rings. The summed E-state index contributed by atoms with van der Waals surface area (Å²) in [7, 11) is 1.64. The van der Waals surface area contributed by atoms with E-state index in [9.17, 15) is 4.79 Å². The van der Waals surface area contributed by atoms with Crippen LogP contribution in [0.2, 0.25) is 0 Å². The summed E-state index contributed by atoms with van der Waals surface area (Å²) in [5.41, 5.74) is 1.54. The molecule has 1 atom stereocenters. The number of nitrogens with one attached hydrogen (secondary N) is 2. The molecule has 1 amide bonds. The number of halogens is 1. The lowest BCUT2D eigenvalue weighted by Gasteiger charge is -2.37. The zero-order chi connectivity index (χ0) is 13.8. The lowest BCUT2D eigenvalue weighted by Crippen LogP contribution is -2.57. The minimum absolute atomic E-state index is 0.0107. The average molecular weight is 323 g/mol. The average Bonchev–Trinajstić information content (AvgIpc) is 2.46. The maximum Gasteiger partial charge on any atom is 0.243 e. The van der Waals surface area contributed by atoms with Gasteiger partial charge in [-0.2, -0.15) is 5.26 Å². The first-order chi connectivity index (χ1) is 9.17. The van der Waals surface area contributed by atoms with Crippen LogP contribution in [0.15, 0.2) is 22.7 Å². The predicted octanol–water partition coefficient (Wildman–Crippen LogP) is 0.845. The van der Waals surface area contributed by atoms with Gasteiger partial charge in [-0.1, -0.05) is 0 Å². The number of likely N-dealkylation sites (N-methyl/N-ethyl adjacent to an activating group) is 1. The monoisotopic (exact) mass is 322 g/mol. The van der Waals surface area contributed by atoms with E-state index in [0.717, 1.165) is 23.2 Å². The number of anilines is 1. The fourth-order valence-electron chi connectivity index (χ4n) is 2.20. The second-order valence-corrected chi connectivity index (χ2v) is 5.16. The number of carbonyl (C=O) groups excluding carboxylic acids is 1. The van der Waals surface area contributed by atoms with Crippen molar-refractivity contribution in [3.63, 3.8) is 0 Å². The van der Waals surface area contributed by atoms with E-state index in [4.69, 9.17) is 5.26 Å². The molecule has 1 aliphatic heterocycles. The third kappa shape index (κ3) is 2.88. The molecule has 0 saturated carbocycles. The predicted molar refractivity (Wildman–Crippen MR) is 76.9 cm³/mol. The van der Waals surface area contributed by atoms with Crippen molar-refractivity contribution in [2.75, 3.05) is 31.6 Å². The molecule has 1 unspecified atom stereocenters. The lowest BCUT2D eigenvalue weighted by molar-refractivity contribution is -0.122. The van der Waals surface area contributed by atoms with Crippen LogP contribution in [-0.4, -0.2) is 38.6 Å². The minimum Gasteiger partial charge on any atom is -0.357 e. The van der Waals surface area contributed by atoms with Gasteiger partial charge >= 0.3 is 0 Å². The van der Waals surface area contributed by atoms with Gasteiger partial charge in [-0.05, 0) is 34.1 Å². The van der Waals surface area contributed by atoms with Crippen LogP contribution in [0.3, 0.4) is 0 Å². The van der Waals surface area contributed by atoms with Gasteiger partial charge < -0.3 is 15.5 Å². The molecule has 0 bridgehead atoms. The Balaban J connectivity index is 2.32. The molecule has 0 aromatic heterocycles. The van der Waals surface area contributed by atoms with Gasteiger partial charge in [-0.25, -0.2) is 0 Å². The summed E-state index contributed by atoms with van der Waals surface area (Å²) in [5.74, 6) is -0.0107. The number of benzene rings is 1. The highest BCUT2D eigenvalue weighted by Gasteiger charge is 2.29. The third-order valence-electron chi connectivity index (χ3n) is 3.18. The Morgan fingerprint density at radius 3 is 3.05 bits per heavy atom. The summed E-state index contributed by atoms with van der Waals surface area (Å²) in [6.07, 6.45) is 0. The summed E-state index contributed by atoms with van der Waals surface area (Å²) in [4.78, 5) is 14.0. The Hall–Kier alpha value is -1.58. The van der Waals surface area contributed by atoms with E-state index >= 15 is 0 Å². The van der Waals surface area contributed by atoms with Crippen LogP contribution in [0.5, 0.6) is 0 Å². The number of piperazine rings is 1. The van der Waals surface area contributed by atoms with Crippen LogP contribution < -0.4 is 15.5 Å². The highest BCUT2D eigenvalue weighted by atomic mass is 79.9. The number of hydrogen-bond acceptors (Lipinski definition) is 4. The Morgan fingerprint density at radius 1 is 1.63 bits per heavy atom. The Kier molecular flexibility index (Phi) is 4.40. The topological polar surface area (TPSA) is 68.2 Å². The summed E-state index contributed by atoms with van der Waals surface area (Å²) < 4.78 is 0.836. The van der Waals surface area contributed by atoms with Crippen LogP contribution in [0.4, 0.5) is 5.69 Å². The van der Waals surface area contributed by atoms with Crippen molar-refractivity contribution < 1.29 is 4.79 Å². The molecule has 1 aromatic carbocycles. The highest BCUT2D eigenvalue weighted by molar-refractivity contribution is 9.10. The maximum absolute atomic E-state index is 11.9. The van der Waals surface area contributed by atoms with Crippen LogP contribution >= 0.6 is 15.9 Å². The first kappa shape index (κ1) is 13.8. The van der Waals surface area contributed by atoms with Gasteiger partial charge in [-0.3, -0.25) is 4.79 Å². The number of hydrogen-bond donors (Lipinski definition) is 2. The number of rotatable bonds is 2. The van der Waals surface area contributed by atoms with Gasteiger partial charge in [0.25, 0.3) is 0 Å². The normalized spacial score (nSPS) is 18.8. The quantitative estimate of drug-likeness (QED) is 0.847. The van der Waals surface area contributed by atoms with Crippen molar-refractivity contribution in [1.29, 1.82) is 5.26 Å². The van der Waals surface area contributed by atoms with E-state index in [1.54, 1.807) is 19.2 Å². The summed E-state index contributed by atoms with van der Waals surface area (Å²) in [6, 6.07) is 7.29. The number of nitrogens with zero attached hydrogens (tertiary/aromatic N) is 2. The number of carbonyl (C=O) groups is 1.